The summed E-state index contributed by atoms with van der Waals surface area (Å²) in [6, 6.07) is 3.79. The highest BCUT2D eigenvalue weighted by Gasteiger charge is 2.33. The maximum Gasteiger partial charge on any atom is 0.417 e. The molecule has 1 aromatic carbocycles. The molecule has 0 aromatic heterocycles. The van der Waals surface area contributed by atoms with Crippen molar-refractivity contribution in [1.82, 2.24) is 0 Å². The Kier molecular flexibility index (Phi) is 4.78. The maximum atomic E-state index is 12.8. The van der Waals surface area contributed by atoms with Gasteiger partial charge >= 0.3 is 6.18 Å². The van der Waals surface area contributed by atoms with E-state index >= 15 is 0 Å². The summed E-state index contributed by atoms with van der Waals surface area (Å²) in [5, 5.41) is 3.32. The Bertz CT molecular complexity index is 560. The predicted molar refractivity (Wildman–Crippen MR) is 83.3 cm³/mol. The molecule has 2 rings (SSSR count). The van der Waals surface area contributed by atoms with Gasteiger partial charge in [-0.1, -0.05) is 30.3 Å². The molecular weight excluding hydrogens is 321 g/mol. The monoisotopic (exact) mass is 336 g/mol. The number of anilines is 1. The minimum absolute atomic E-state index is 0.146. The molecular formula is C14H16ClF3N2S. The molecule has 0 spiro atoms. The van der Waals surface area contributed by atoms with E-state index in [1.807, 2.05) is 0 Å². The van der Waals surface area contributed by atoms with Crippen molar-refractivity contribution in [3.05, 3.63) is 28.8 Å². The standard InChI is InChI=1S/C14H16ClF3N2S/c1-3-13(2)6-7-21-12(20-13)19-9-4-5-11(15)10(8-9)14(16,17)18/h4-5,8H,3,6-7H2,1-2H3,(H,19,20). The molecule has 1 unspecified atom stereocenters. The minimum atomic E-state index is -4.46. The van der Waals surface area contributed by atoms with Gasteiger partial charge < -0.3 is 5.32 Å². The molecule has 7 heteroatoms. The van der Waals surface area contributed by atoms with Crippen LogP contribution in [-0.2, 0) is 6.18 Å². The molecule has 0 saturated heterocycles. The number of alkyl halides is 3. The minimum Gasteiger partial charge on any atom is -0.335 e. The molecule has 1 heterocycles. The summed E-state index contributed by atoms with van der Waals surface area (Å²) in [4.78, 5) is 4.60. The van der Waals surface area contributed by atoms with E-state index in [2.05, 4.69) is 24.2 Å². The molecule has 1 aromatic rings. The lowest BCUT2D eigenvalue weighted by Gasteiger charge is -2.29. The third kappa shape index (κ3) is 4.07. The second kappa shape index (κ2) is 6.08. The van der Waals surface area contributed by atoms with E-state index in [-0.39, 0.29) is 10.6 Å². The molecule has 1 N–H and O–H groups in total. The first kappa shape index (κ1) is 16.5. The first-order chi connectivity index (χ1) is 9.73. The number of hydrogen-bond donors (Lipinski definition) is 1. The van der Waals surface area contributed by atoms with Gasteiger partial charge in [-0.3, -0.25) is 4.99 Å². The van der Waals surface area contributed by atoms with Crippen LogP contribution in [0.25, 0.3) is 0 Å². The number of nitrogens with one attached hydrogen (secondary N) is 1. The highest BCUT2D eigenvalue weighted by Crippen LogP contribution is 2.37. The number of thioether (sulfide) groups is 1. The molecule has 1 aliphatic rings. The smallest absolute Gasteiger partial charge is 0.335 e. The number of nitrogens with zero attached hydrogens (tertiary/aromatic N) is 1. The van der Waals surface area contributed by atoms with Crippen LogP contribution in [0.2, 0.25) is 5.02 Å². The largest absolute Gasteiger partial charge is 0.417 e. The Balaban J connectivity index is 2.25. The summed E-state index contributed by atoms with van der Waals surface area (Å²) in [6.45, 7) is 4.11. The van der Waals surface area contributed by atoms with E-state index in [1.54, 1.807) is 0 Å². The lowest BCUT2D eigenvalue weighted by molar-refractivity contribution is -0.137. The van der Waals surface area contributed by atoms with E-state index < -0.39 is 11.7 Å². The molecule has 116 valence electrons. The quantitative estimate of drug-likeness (QED) is 0.778. The predicted octanol–water partition coefficient (Wildman–Crippen LogP) is 5.43. The van der Waals surface area contributed by atoms with Crippen LogP contribution >= 0.6 is 23.4 Å². The third-order valence-corrected chi connectivity index (χ3v) is 4.74. The highest BCUT2D eigenvalue weighted by molar-refractivity contribution is 8.14. The number of benzene rings is 1. The number of aliphatic imine (C=N–C) groups is 1. The molecule has 0 saturated carbocycles. The molecule has 0 amide bonds. The topological polar surface area (TPSA) is 24.4 Å². The summed E-state index contributed by atoms with van der Waals surface area (Å²) in [5.74, 6) is 0.899. The van der Waals surface area contributed by atoms with Crippen molar-refractivity contribution in [2.24, 2.45) is 4.99 Å². The summed E-state index contributed by atoms with van der Waals surface area (Å²) >= 11 is 7.13. The summed E-state index contributed by atoms with van der Waals surface area (Å²) in [5.41, 5.74) is -0.639. The van der Waals surface area contributed by atoms with Gasteiger partial charge in [-0.05, 0) is 38.0 Å². The van der Waals surface area contributed by atoms with Gasteiger partial charge in [0.2, 0.25) is 0 Å². The zero-order chi connectivity index (χ0) is 15.7. The van der Waals surface area contributed by atoms with Crippen LogP contribution in [0, 0.1) is 0 Å². The van der Waals surface area contributed by atoms with Crippen molar-refractivity contribution in [2.45, 2.75) is 38.4 Å². The zero-order valence-corrected chi connectivity index (χ0v) is 13.3. The van der Waals surface area contributed by atoms with Gasteiger partial charge in [0, 0.05) is 11.4 Å². The van der Waals surface area contributed by atoms with Crippen LogP contribution in [-0.4, -0.2) is 16.5 Å². The molecule has 21 heavy (non-hydrogen) atoms. The number of hydrogen-bond acceptors (Lipinski definition) is 3. The normalized spacial score (nSPS) is 22.9. The van der Waals surface area contributed by atoms with Crippen molar-refractivity contribution >= 4 is 34.2 Å². The van der Waals surface area contributed by atoms with Crippen molar-refractivity contribution in [3.63, 3.8) is 0 Å². The second-order valence-electron chi connectivity index (χ2n) is 5.18. The van der Waals surface area contributed by atoms with Gasteiger partial charge in [0.1, 0.15) is 0 Å². The lowest BCUT2D eigenvalue weighted by atomic mass is 9.97. The van der Waals surface area contributed by atoms with Crippen LogP contribution in [0.5, 0.6) is 0 Å². The van der Waals surface area contributed by atoms with E-state index in [0.29, 0.717) is 10.9 Å². The zero-order valence-electron chi connectivity index (χ0n) is 11.7. The van der Waals surface area contributed by atoms with Crippen molar-refractivity contribution < 1.29 is 13.2 Å². The van der Waals surface area contributed by atoms with Crippen LogP contribution < -0.4 is 5.32 Å². The summed E-state index contributed by atoms with van der Waals surface area (Å²) in [7, 11) is 0. The molecule has 0 fully saturated rings. The van der Waals surface area contributed by atoms with Gasteiger partial charge in [-0.25, -0.2) is 0 Å². The highest BCUT2D eigenvalue weighted by atomic mass is 35.5. The molecule has 1 atom stereocenters. The fourth-order valence-corrected chi connectivity index (χ4v) is 3.40. The Labute approximate surface area is 131 Å². The van der Waals surface area contributed by atoms with Crippen LogP contribution in [0.15, 0.2) is 23.2 Å². The Morgan fingerprint density at radius 1 is 1.43 bits per heavy atom. The van der Waals surface area contributed by atoms with Gasteiger partial charge in [0.05, 0.1) is 16.1 Å². The van der Waals surface area contributed by atoms with Gasteiger partial charge in [-0.2, -0.15) is 13.2 Å². The maximum absolute atomic E-state index is 12.8. The molecule has 0 aliphatic carbocycles. The lowest BCUT2D eigenvalue weighted by Crippen LogP contribution is -2.29. The summed E-state index contributed by atoms with van der Waals surface area (Å²) in [6.07, 6.45) is -2.60. The van der Waals surface area contributed by atoms with E-state index in [9.17, 15) is 13.2 Å². The van der Waals surface area contributed by atoms with Gasteiger partial charge in [0.25, 0.3) is 0 Å². The van der Waals surface area contributed by atoms with Crippen molar-refractivity contribution in [2.75, 3.05) is 11.1 Å². The number of halogens is 4. The second-order valence-corrected chi connectivity index (χ2v) is 6.67. The van der Waals surface area contributed by atoms with E-state index in [4.69, 9.17) is 11.6 Å². The van der Waals surface area contributed by atoms with Gasteiger partial charge in [-0.15, -0.1) is 0 Å². The fraction of sp³-hybridized carbons (Fsp3) is 0.500. The van der Waals surface area contributed by atoms with E-state index in [0.717, 1.165) is 24.7 Å². The van der Waals surface area contributed by atoms with Crippen LogP contribution in [0.1, 0.15) is 32.3 Å². The van der Waals surface area contributed by atoms with E-state index in [1.165, 1.54) is 23.9 Å². The SMILES string of the molecule is CCC1(C)CCSC(Nc2ccc(Cl)c(C(F)(F)F)c2)=N1. The Morgan fingerprint density at radius 3 is 2.76 bits per heavy atom. The molecule has 1 aliphatic heterocycles. The fourth-order valence-electron chi connectivity index (χ4n) is 1.96. The molecule has 0 radical (unpaired) electrons. The Hall–Kier alpha value is -0.880. The first-order valence-corrected chi connectivity index (χ1v) is 7.96. The van der Waals surface area contributed by atoms with Crippen LogP contribution in [0.4, 0.5) is 18.9 Å². The van der Waals surface area contributed by atoms with Crippen LogP contribution in [0.3, 0.4) is 0 Å². The number of rotatable bonds is 2. The average molecular weight is 337 g/mol. The van der Waals surface area contributed by atoms with Crippen molar-refractivity contribution in [3.8, 4) is 0 Å². The molecule has 2 nitrogen and oxygen atoms in total. The Morgan fingerprint density at radius 2 is 2.14 bits per heavy atom. The van der Waals surface area contributed by atoms with Gasteiger partial charge in [0.15, 0.2) is 5.17 Å². The first-order valence-electron chi connectivity index (χ1n) is 6.60. The summed E-state index contributed by atoms with van der Waals surface area (Å²) < 4.78 is 38.5. The van der Waals surface area contributed by atoms with Crippen molar-refractivity contribution in [1.29, 1.82) is 0 Å². The molecule has 0 bridgehead atoms. The average Bonchev–Trinajstić information content (AvgIpc) is 2.40. The third-order valence-electron chi connectivity index (χ3n) is 3.54. The number of amidine groups is 1.